The van der Waals surface area contributed by atoms with Gasteiger partial charge in [-0.25, -0.2) is 0 Å². The van der Waals surface area contributed by atoms with Gasteiger partial charge in [0, 0.05) is 45.7 Å². The van der Waals surface area contributed by atoms with Crippen molar-refractivity contribution in [2.45, 2.75) is 12.5 Å². The Morgan fingerprint density at radius 2 is 2.00 bits per heavy atom. The van der Waals surface area contributed by atoms with E-state index in [2.05, 4.69) is 22.3 Å². The van der Waals surface area contributed by atoms with Crippen LogP contribution in [0.15, 0.2) is 24.3 Å². The SMILES string of the molecule is COc1ccc([C@H]2CNCCN2C(=O)CCN2CCOCC2)cc1. The van der Waals surface area contributed by atoms with Crippen molar-refractivity contribution in [3.05, 3.63) is 29.8 Å². The third-order valence-electron chi connectivity index (χ3n) is 4.81. The number of methoxy groups -OCH3 is 1. The highest BCUT2D eigenvalue weighted by Gasteiger charge is 2.28. The molecule has 2 saturated heterocycles. The molecular weight excluding hydrogens is 306 g/mol. The Bertz CT molecular complexity index is 529. The van der Waals surface area contributed by atoms with E-state index in [9.17, 15) is 4.79 Å². The average Bonchev–Trinajstić information content (AvgIpc) is 2.67. The number of amides is 1. The molecule has 6 nitrogen and oxygen atoms in total. The maximum absolute atomic E-state index is 12.8. The van der Waals surface area contributed by atoms with E-state index in [-0.39, 0.29) is 11.9 Å². The molecule has 2 heterocycles. The summed E-state index contributed by atoms with van der Waals surface area (Å²) in [4.78, 5) is 17.1. The lowest BCUT2D eigenvalue weighted by Gasteiger charge is -2.37. The van der Waals surface area contributed by atoms with Crippen LogP contribution in [0.2, 0.25) is 0 Å². The predicted molar refractivity (Wildman–Crippen MR) is 92.2 cm³/mol. The number of rotatable bonds is 5. The van der Waals surface area contributed by atoms with E-state index in [1.54, 1.807) is 7.11 Å². The molecule has 24 heavy (non-hydrogen) atoms. The third-order valence-corrected chi connectivity index (χ3v) is 4.81. The quantitative estimate of drug-likeness (QED) is 0.867. The molecule has 0 unspecified atom stereocenters. The summed E-state index contributed by atoms with van der Waals surface area (Å²) >= 11 is 0. The van der Waals surface area contributed by atoms with E-state index in [4.69, 9.17) is 9.47 Å². The predicted octanol–water partition coefficient (Wildman–Crippen LogP) is 0.890. The van der Waals surface area contributed by atoms with Gasteiger partial charge >= 0.3 is 0 Å². The summed E-state index contributed by atoms with van der Waals surface area (Å²) in [7, 11) is 1.67. The highest BCUT2D eigenvalue weighted by atomic mass is 16.5. The number of carbonyl (C=O) groups excluding carboxylic acids is 1. The van der Waals surface area contributed by atoms with Crippen LogP contribution in [0.1, 0.15) is 18.0 Å². The summed E-state index contributed by atoms with van der Waals surface area (Å²) in [5.74, 6) is 1.08. The molecule has 0 spiro atoms. The van der Waals surface area contributed by atoms with Gasteiger partial charge in [0.25, 0.3) is 0 Å². The van der Waals surface area contributed by atoms with Crippen molar-refractivity contribution < 1.29 is 14.3 Å². The molecule has 2 fully saturated rings. The monoisotopic (exact) mass is 333 g/mol. The molecule has 1 atom stereocenters. The molecule has 1 aromatic carbocycles. The van der Waals surface area contributed by atoms with Gasteiger partial charge in [0.15, 0.2) is 0 Å². The van der Waals surface area contributed by atoms with Crippen LogP contribution in [0.5, 0.6) is 5.75 Å². The first-order valence-corrected chi connectivity index (χ1v) is 8.72. The highest BCUT2D eigenvalue weighted by Crippen LogP contribution is 2.25. The van der Waals surface area contributed by atoms with Crippen molar-refractivity contribution in [2.75, 3.05) is 59.6 Å². The lowest BCUT2D eigenvalue weighted by atomic mass is 10.0. The van der Waals surface area contributed by atoms with Gasteiger partial charge in [0.1, 0.15) is 5.75 Å². The number of piperazine rings is 1. The van der Waals surface area contributed by atoms with E-state index in [1.165, 1.54) is 0 Å². The van der Waals surface area contributed by atoms with Crippen LogP contribution in [0.3, 0.4) is 0 Å². The fraction of sp³-hybridized carbons (Fsp3) is 0.611. The zero-order chi connectivity index (χ0) is 16.8. The lowest BCUT2D eigenvalue weighted by molar-refractivity contribution is -0.135. The minimum atomic E-state index is 0.0989. The van der Waals surface area contributed by atoms with Gasteiger partial charge in [-0.15, -0.1) is 0 Å². The van der Waals surface area contributed by atoms with Crippen molar-refractivity contribution in [3.63, 3.8) is 0 Å². The first-order chi connectivity index (χ1) is 11.8. The van der Waals surface area contributed by atoms with Crippen LogP contribution < -0.4 is 10.1 Å². The first-order valence-electron chi connectivity index (χ1n) is 8.72. The summed E-state index contributed by atoms with van der Waals surface area (Å²) in [5.41, 5.74) is 1.16. The molecule has 1 amide bonds. The molecule has 132 valence electrons. The lowest BCUT2D eigenvalue weighted by Crippen LogP contribution is -2.49. The zero-order valence-corrected chi connectivity index (χ0v) is 14.4. The molecule has 2 aliphatic rings. The largest absolute Gasteiger partial charge is 0.497 e. The number of hydrogen-bond donors (Lipinski definition) is 1. The molecule has 0 aromatic heterocycles. The third kappa shape index (κ3) is 4.26. The first kappa shape index (κ1) is 17.2. The topological polar surface area (TPSA) is 54.0 Å². The second-order valence-corrected chi connectivity index (χ2v) is 6.28. The number of carbonyl (C=O) groups is 1. The molecule has 2 aliphatic heterocycles. The Kier molecular flexibility index (Phi) is 6.07. The van der Waals surface area contributed by atoms with Gasteiger partial charge in [-0.05, 0) is 17.7 Å². The van der Waals surface area contributed by atoms with Crippen LogP contribution in [0.25, 0.3) is 0 Å². The Morgan fingerprint density at radius 1 is 1.25 bits per heavy atom. The summed E-state index contributed by atoms with van der Waals surface area (Å²) in [6.07, 6.45) is 0.576. The Balaban J connectivity index is 1.61. The Morgan fingerprint density at radius 3 is 2.71 bits per heavy atom. The van der Waals surface area contributed by atoms with Crippen LogP contribution in [-0.2, 0) is 9.53 Å². The molecule has 0 saturated carbocycles. The number of ether oxygens (including phenoxy) is 2. The van der Waals surface area contributed by atoms with Crippen molar-refractivity contribution >= 4 is 5.91 Å². The minimum absolute atomic E-state index is 0.0989. The van der Waals surface area contributed by atoms with Gasteiger partial charge in [0.2, 0.25) is 5.91 Å². The molecule has 1 N–H and O–H groups in total. The van der Waals surface area contributed by atoms with Crippen LogP contribution in [-0.4, -0.2) is 75.3 Å². The molecule has 6 heteroatoms. The maximum Gasteiger partial charge on any atom is 0.224 e. The smallest absolute Gasteiger partial charge is 0.224 e. The second-order valence-electron chi connectivity index (χ2n) is 6.28. The van der Waals surface area contributed by atoms with Crippen molar-refractivity contribution in [1.82, 2.24) is 15.1 Å². The fourth-order valence-corrected chi connectivity index (χ4v) is 3.35. The Hall–Kier alpha value is -1.63. The van der Waals surface area contributed by atoms with Crippen molar-refractivity contribution in [2.24, 2.45) is 0 Å². The molecule has 0 aliphatic carbocycles. The zero-order valence-electron chi connectivity index (χ0n) is 14.4. The van der Waals surface area contributed by atoms with Crippen molar-refractivity contribution in [3.8, 4) is 5.75 Å². The molecule has 1 aromatic rings. The van der Waals surface area contributed by atoms with E-state index in [0.29, 0.717) is 6.42 Å². The van der Waals surface area contributed by atoms with Gasteiger partial charge in [-0.1, -0.05) is 12.1 Å². The molecule has 0 radical (unpaired) electrons. The number of nitrogens with zero attached hydrogens (tertiary/aromatic N) is 2. The average molecular weight is 333 g/mol. The Labute approximate surface area is 143 Å². The van der Waals surface area contributed by atoms with Crippen LogP contribution in [0.4, 0.5) is 0 Å². The molecule has 3 rings (SSSR count). The minimum Gasteiger partial charge on any atom is -0.497 e. The van der Waals surface area contributed by atoms with Crippen LogP contribution >= 0.6 is 0 Å². The molecular formula is C18H27N3O3. The van der Waals surface area contributed by atoms with Crippen LogP contribution in [0, 0.1) is 0 Å². The van der Waals surface area contributed by atoms with E-state index in [0.717, 1.165) is 63.8 Å². The summed E-state index contributed by atoms with van der Waals surface area (Å²) in [6.45, 7) is 6.64. The van der Waals surface area contributed by atoms with E-state index in [1.807, 2.05) is 17.0 Å². The van der Waals surface area contributed by atoms with Gasteiger partial charge in [-0.2, -0.15) is 0 Å². The fourth-order valence-electron chi connectivity index (χ4n) is 3.35. The van der Waals surface area contributed by atoms with Gasteiger partial charge in [0.05, 0.1) is 26.4 Å². The standard InChI is InChI=1S/C18H27N3O3/c1-23-16-4-2-15(3-5-16)17-14-19-7-9-21(17)18(22)6-8-20-10-12-24-13-11-20/h2-5,17,19H,6-14H2,1H3/t17-/m1/s1. The molecule has 0 bridgehead atoms. The van der Waals surface area contributed by atoms with E-state index >= 15 is 0 Å². The number of nitrogens with one attached hydrogen (secondary N) is 1. The number of benzene rings is 1. The van der Waals surface area contributed by atoms with Crippen molar-refractivity contribution in [1.29, 1.82) is 0 Å². The number of morpholine rings is 1. The highest BCUT2D eigenvalue weighted by molar-refractivity contribution is 5.77. The van der Waals surface area contributed by atoms with Gasteiger partial charge < -0.3 is 19.7 Å². The number of hydrogen-bond acceptors (Lipinski definition) is 5. The summed E-state index contributed by atoms with van der Waals surface area (Å²) < 4.78 is 10.6. The van der Waals surface area contributed by atoms with E-state index < -0.39 is 0 Å². The normalized spacial score (nSPS) is 22.4. The summed E-state index contributed by atoms with van der Waals surface area (Å²) in [6, 6.07) is 8.12. The second kappa shape index (κ2) is 8.46. The summed E-state index contributed by atoms with van der Waals surface area (Å²) in [5, 5.41) is 3.40. The maximum atomic E-state index is 12.8. The van der Waals surface area contributed by atoms with Gasteiger partial charge in [-0.3, -0.25) is 9.69 Å².